The molecule has 5 heteroatoms. The molecular formula is C9H20N2O3. The summed E-state index contributed by atoms with van der Waals surface area (Å²) in [7, 11) is 0. The van der Waals surface area contributed by atoms with Gasteiger partial charge in [0, 0.05) is 0 Å². The summed E-state index contributed by atoms with van der Waals surface area (Å²) in [6.07, 6.45) is 0.900. The molecule has 5 nitrogen and oxygen atoms in total. The predicted octanol–water partition coefficient (Wildman–Crippen LogP) is 1.73. The molecule has 14 heavy (non-hydrogen) atoms. The van der Waals surface area contributed by atoms with Crippen molar-refractivity contribution in [3.8, 4) is 0 Å². The van der Waals surface area contributed by atoms with Crippen molar-refractivity contribution >= 4 is 6.09 Å². The molecule has 1 unspecified atom stereocenters. The van der Waals surface area contributed by atoms with Crippen LogP contribution in [0.4, 0.5) is 4.79 Å². The molecular weight excluding hydrogens is 184 g/mol. The van der Waals surface area contributed by atoms with Crippen LogP contribution < -0.4 is 11.3 Å². The molecule has 1 amide bonds. The van der Waals surface area contributed by atoms with E-state index >= 15 is 0 Å². The molecule has 0 radical (unpaired) electrons. The smallest absolute Gasteiger partial charge is 0.274 e. The summed E-state index contributed by atoms with van der Waals surface area (Å²) in [4.78, 5) is 20.1. The highest BCUT2D eigenvalue weighted by Crippen LogP contribution is 2.25. The average Bonchev–Trinajstić information content (AvgIpc) is 2.09. The number of hydrazine groups is 1. The number of carbonyl (C=O) groups is 1. The van der Waals surface area contributed by atoms with Gasteiger partial charge in [-0.25, -0.2) is 10.6 Å². The van der Waals surface area contributed by atoms with Gasteiger partial charge in [0.15, 0.2) is 0 Å². The summed E-state index contributed by atoms with van der Waals surface area (Å²) in [5.74, 6) is 4.84. The van der Waals surface area contributed by atoms with E-state index in [1.807, 2.05) is 33.1 Å². The van der Waals surface area contributed by atoms with Crippen molar-refractivity contribution in [3.05, 3.63) is 0 Å². The monoisotopic (exact) mass is 204 g/mol. The zero-order valence-corrected chi connectivity index (χ0v) is 9.29. The van der Waals surface area contributed by atoms with E-state index in [2.05, 4.69) is 4.89 Å². The lowest BCUT2D eigenvalue weighted by molar-refractivity contribution is -0.294. The fourth-order valence-corrected chi connectivity index (χ4v) is 1.01. The number of rotatable bonds is 4. The second kappa shape index (κ2) is 5.82. The Bertz CT molecular complexity index is 177. The maximum atomic E-state index is 10.7. The Labute approximate surface area is 84.8 Å². The first kappa shape index (κ1) is 13.2. The Kier molecular flexibility index (Phi) is 5.49. The van der Waals surface area contributed by atoms with Crippen LogP contribution in [0.15, 0.2) is 0 Å². The van der Waals surface area contributed by atoms with Crippen LogP contribution in [0.3, 0.4) is 0 Å². The third-order valence-electron chi connectivity index (χ3n) is 1.87. The lowest BCUT2D eigenvalue weighted by atomic mass is 9.87. The molecule has 0 fully saturated rings. The first-order valence-electron chi connectivity index (χ1n) is 4.75. The molecule has 3 N–H and O–H groups in total. The molecule has 0 aliphatic carbocycles. The minimum atomic E-state index is -0.782. The number of hydrogen-bond acceptors (Lipinski definition) is 4. The third kappa shape index (κ3) is 5.04. The van der Waals surface area contributed by atoms with E-state index in [4.69, 9.17) is 10.7 Å². The molecule has 0 aromatic heterocycles. The summed E-state index contributed by atoms with van der Waals surface area (Å²) in [6, 6.07) is 0. The van der Waals surface area contributed by atoms with Crippen LogP contribution in [0.5, 0.6) is 0 Å². The molecule has 0 spiro atoms. The van der Waals surface area contributed by atoms with E-state index in [0.717, 1.165) is 12.8 Å². The average molecular weight is 204 g/mol. The number of nitrogens with one attached hydrogen (secondary N) is 1. The van der Waals surface area contributed by atoms with E-state index in [0.29, 0.717) is 0 Å². The summed E-state index contributed by atoms with van der Waals surface area (Å²) in [5.41, 5.74) is 1.76. The van der Waals surface area contributed by atoms with Crippen molar-refractivity contribution in [1.29, 1.82) is 0 Å². The topological polar surface area (TPSA) is 73.6 Å². The quantitative estimate of drug-likeness (QED) is 0.316. The fraction of sp³-hybridized carbons (Fsp3) is 0.889. The molecule has 0 aliphatic heterocycles. The van der Waals surface area contributed by atoms with Crippen molar-refractivity contribution in [2.45, 2.75) is 46.6 Å². The zero-order valence-electron chi connectivity index (χ0n) is 9.29. The maximum Gasteiger partial charge on any atom is 0.452 e. The van der Waals surface area contributed by atoms with Gasteiger partial charge in [-0.3, -0.25) is 10.3 Å². The minimum absolute atomic E-state index is 0.0646. The summed E-state index contributed by atoms with van der Waals surface area (Å²) >= 11 is 0. The van der Waals surface area contributed by atoms with E-state index < -0.39 is 6.09 Å². The van der Waals surface area contributed by atoms with Crippen molar-refractivity contribution in [2.24, 2.45) is 11.3 Å². The van der Waals surface area contributed by atoms with Gasteiger partial charge in [-0.15, -0.1) is 0 Å². The second-order valence-electron chi connectivity index (χ2n) is 4.25. The van der Waals surface area contributed by atoms with Gasteiger partial charge in [0.2, 0.25) is 0 Å². The van der Waals surface area contributed by atoms with Crippen LogP contribution in [0.2, 0.25) is 0 Å². The van der Waals surface area contributed by atoms with Gasteiger partial charge in [-0.2, -0.15) is 4.89 Å². The molecule has 1 atom stereocenters. The second-order valence-corrected chi connectivity index (χ2v) is 4.25. The highest BCUT2D eigenvalue weighted by Gasteiger charge is 2.26. The molecule has 0 rings (SSSR count). The lowest BCUT2D eigenvalue weighted by Crippen LogP contribution is -2.35. The van der Waals surface area contributed by atoms with Crippen LogP contribution in [-0.4, -0.2) is 12.2 Å². The van der Waals surface area contributed by atoms with E-state index in [9.17, 15) is 4.79 Å². The standard InChI is InChI=1S/C9H20N2O3/c1-5-6-7(9(2,3)4)13-14-8(12)11-10/h7H,5-6,10H2,1-4H3,(H,11,12). The SMILES string of the molecule is CCCC(OOC(=O)NN)C(C)(C)C. The number of amides is 1. The van der Waals surface area contributed by atoms with Crippen LogP contribution in [-0.2, 0) is 9.78 Å². The third-order valence-corrected chi connectivity index (χ3v) is 1.87. The van der Waals surface area contributed by atoms with Crippen molar-refractivity contribution < 1.29 is 14.6 Å². The van der Waals surface area contributed by atoms with Gasteiger partial charge < -0.3 is 0 Å². The van der Waals surface area contributed by atoms with Gasteiger partial charge in [-0.05, 0) is 11.8 Å². The Hall–Kier alpha value is -0.810. The van der Waals surface area contributed by atoms with Gasteiger partial charge in [-0.1, -0.05) is 34.1 Å². The van der Waals surface area contributed by atoms with Gasteiger partial charge in [0.05, 0.1) is 0 Å². The number of hydrogen-bond donors (Lipinski definition) is 2. The fourth-order valence-electron chi connectivity index (χ4n) is 1.01. The molecule has 0 aromatic rings. The Morgan fingerprint density at radius 3 is 2.43 bits per heavy atom. The zero-order chi connectivity index (χ0) is 11.2. The number of carbonyl (C=O) groups excluding carboxylic acids is 1. The van der Waals surface area contributed by atoms with Crippen LogP contribution in [0.1, 0.15) is 40.5 Å². The lowest BCUT2D eigenvalue weighted by Gasteiger charge is -2.28. The van der Waals surface area contributed by atoms with Gasteiger partial charge in [0.25, 0.3) is 0 Å². The van der Waals surface area contributed by atoms with Crippen LogP contribution in [0, 0.1) is 5.41 Å². The highest BCUT2D eigenvalue weighted by atomic mass is 17.2. The molecule has 0 saturated heterocycles. The van der Waals surface area contributed by atoms with Gasteiger partial charge in [0.1, 0.15) is 6.10 Å². The summed E-state index contributed by atoms with van der Waals surface area (Å²) in [6.45, 7) is 8.12. The largest absolute Gasteiger partial charge is 0.452 e. The molecule has 0 aliphatic rings. The predicted molar refractivity (Wildman–Crippen MR) is 53.0 cm³/mol. The Morgan fingerprint density at radius 2 is 2.07 bits per heavy atom. The van der Waals surface area contributed by atoms with Crippen molar-refractivity contribution in [1.82, 2.24) is 5.43 Å². The maximum absolute atomic E-state index is 10.7. The van der Waals surface area contributed by atoms with Crippen molar-refractivity contribution in [2.75, 3.05) is 0 Å². The van der Waals surface area contributed by atoms with E-state index in [1.54, 1.807) is 0 Å². The minimum Gasteiger partial charge on any atom is -0.274 e. The number of nitrogens with two attached hydrogens (primary N) is 1. The first-order chi connectivity index (χ1) is 6.41. The molecule has 84 valence electrons. The van der Waals surface area contributed by atoms with Crippen LogP contribution in [0.25, 0.3) is 0 Å². The molecule has 0 aromatic carbocycles. The van der Waals surface area contributed by atoms with Gasteiger partial charge >= 0.3 is 6.09 Å². The Morgan fingerprint density at radius 1 is 1.50 bits per heavy atom. The molecule has 0 bridgehead atoms. The van der Waals surface area contributed by atoms with Crippen molar-refractivity contribution in [3.63, 3.8) is 0 Å². The van der Waals surface area contributed by atoms with E-state index in [1.165, 1.54) is 0 Å². The summed E-state index contributed by atoms with van der Waals surface area (Å²) in [5, 5.41) is 0. The van der Waals surface area contributed by atoms with Crippen LogP contribution >= 0.6 is 0 Å². The summed E-state index contributed by atoms with van der Waals surface area (Å²) < 4.78 is 0. The molecule has 0 saturated carbocycles. The first-order valence-corrected chi connectivity index (χ1v) is 4.75. The normalized spacial score (nSPS) is 13.5. The molecule has 0 heterocycles. The Balaban J connectivity index is 4.04. The van der Waals surface area contributed by atoms with E-state index in [-0.39, 0.29) is 11.5 Å². The highest BCUT2D eigenvalue weighted by molar-refractivity contribution is 5.65.